The SMILES string of the molecule is Cc1cnc(C(=O)N[C@@H]2C[C@@H]3CC[C@H]2N3C#N)cc1-c1cccc(Cl)c1. The minimum Gasteiger partial charge on any atom is -0.346 e. The minimum atomic E-state index is -0.191. The number of aryl methyl sites for hydroxylation is 1. The molecule has 1 amide bonds. The Bertz CT molecular complexity index is 907. The lowest BCUT2D eigenvalue weighted by Crippen LogP contribution is -2.43. The van der Waals surface area contributed by atoms with E-state index in [9.17, 15) is 10.1 Å². The van der Waals surface area contributed by atoms with Crippen LogP contribution in [0.5, 0.6) is 0 Å². The second kappa shape index (κ2) is 6.62. The van der Waals surface area contributed by atoms with Crippen LogP contribution in [0, 0.1) is 18.4 Å². The molecule has 3 heterocycles. The van der Waals surface area contributed by atoms with Gasteiger partial charge in [-0.1, -0.05) is 23.7 Å². The Kier molecular flexibility index (Phi) is 4.29. The maximum Gasteiger partial charge on any atom is 0.270 e. The van der Waals surface area contributed by atoms with Crippen LogP contribution in [-0.2, 0) is 0 Å². The molecule has 1 aromatic heterocycles. The zero-order valence-corrected chi connectivity index (χ0v) is 15.2. The maximum atomic E-state index is 12.7. The van der Waals surface area contributed by atoms with Gasteiger partial charge in [0.25, 0.3) is 5.91 Å². The Morgan fingerprint density at radius 2 is 2.23 bits per heavy atom. The number of carbonyl (C=O) groups is 1. The third kappa shape index (κ3) is 2.91. The Balaban J connectivity index is 1.56. The summed E-state index contributed by atoms with van der Waals surface area (Å²) in [7, 11) is 0. The lowest BCUT2D eigenvalue weighted by atomic mass is 9.95. The van der Waals surface area contributed by atoms with Gasteiger partial charge in [0.15, 0.2) is 6.19 Å². The Morgan fingerprint density at radius 3 is 2.96 bits per heavy atom. The lowest BCUT2D eigenvalue weighted by molar-refractivity contribution is 0.0923. The summed E-state index contributed by atoms with van der Waals surface area (Å²) >= 11 is 6.10. The number of carbonyl (C=O) groups excluding carboxylic acids is 1. The fraction of sp³-hybridized carbons (Fsp3) is 0.350. The molecule has 4 rings (SSSR count). The number of halogens is 1. The summed E-state index contributed by atoms with van der Waals surface area (Å²) in [5.41, 5.74) is 3.28. The molecule has 0 spiro atoms. The van der Waals surface area contributed by atoms with Gasteiger partial charge < -0.3 is 10.2 Å². The van der Waals surface area contributed by atoms with Crippen molar-refractivity contribution in [2.24, 2.45) is 0 Å². The van der Waals surface area contributed by atoms with Crippen molar-refractivity contribution in [1.82, 2.24) is 15.2 Å². The van der Waals surface area contributed by atoms with Crippen LogP contribution in [0.4, 0.5) is 0 Å². The standard InChI is InChI=1S/C20H19ClN4O/c1-12-10-23-18(9-16(12)13-3-2-4-14(21)7-13)20(26)24-17-8-15-5-6-19(17)25(15)11-22/h2-4,7,9-10,15,17,19H,5-6,8H2,1H3,(H,24,26)/t15-,17+,19+/m0/s1. The molecule has 0 radical (unpaired) electrons. The second-order valence-electron chi connectivity index (χ2n) is 7.02. The molecule has 2 aromatic rings. The molecule has 2 fully saturated rings. The van der Waals surface area contributed by atoms with Crippen LogP contribution in [0.2, 0.25) is 5.02 Å². The van der Waals surface area contributed by atoms with Crippen LogP contribution in [0.25, 0.3) is 11.1 Å². The van der Waals surface area contributed by atoms with E-state index in [2.05, 4.69) is 16.5 Å². The summed E-state index contributed by atoms with van der Waals surface area (Å²) in [6.45, 7) is 1.96. The van der Waals surface area contributed by atoms with Crippen LogP contribution in [0.3, 0.4) is 0 Å². The number of hydrogen-bond acceptors (Lipinski definition) is 4. The van der Waals surface area contributed by atoms with E-state index in [1.165, 1.54) is 0 Å². The van der Waals surface area contributed by atoms with E-state index in [0.717, 1.165) is 36.0 Å². The lowest BCUT2D eigenvalue weighted by Gasteiger charge is -2.21. The fourth-order valence-electron chi connectivity index (χ4n) is 4.16. The molecule has 2 bridgehead atoms. The molecule has 1 N–H and O–H groups in total. The molecular weight excluding hydrogens is 348 g/mol. The topological polar surface area (TPSA) is 69.0 Å². The van der Waals surface area contributed by atoms with Crippen LogP contribution in [0.1, 0.15) is 35.3 Å². The molecular formula is C20H19ClN4O. The number of amides is 1. The van der Waals surface area contributed by atoms with Gasteiger partial charge in [0.2, 0.25) is 0 Å². The number of hydrogen-bond donors (Lipinski definition) is 1. The van der Waals surface area contributed by atoms with Crippen molar-refractivity contribution in [3.05, 3.63) is 52.8 Å². The van der Waals surface area contributed by atoms with Gasteiger partial charge in [-0.05, 0) is 61.1 Å². The summed E-state index contributed by atoms with van der Waals surface area (Å²) in [5, 5.41) is 13.0. The number of rotatable bonds is 3. The number of pyridine rings is 1. The van der Waals surface area contributed by atoms with Crippen molar-refractivity contribution < 1.29 is 4.79 Å². The highest BCUT2D eigenvalue weighted by Gasteiger charge is 2.46. The van der Waals surface area contributed by atoms with Crippen molar-refractivity contribution in [1.29, 1.82) is 5.26 Å². The van der Waals surface area contributed by atoms with E-state index >= 15 is 0 Å². The van der Waals surface area contributed by atoms with Gasteiger partial charge in [-0.25, -0.2) is 0 Å². The van der Waals surface area contributed by atoms with E-state index in [0.29, 0.717) is 10.7 Å². The number of nitrogens with zero attached hydrogens (tertiary/aromatic N) is 3. The van der Waals surface area contributed by atoms with Gasteiger partial charge in [-0.15, -0.1) is 0 Å². The Morgan fingerprint density at radius 1 is 1.38 bits per heavy atom. The van der Waals surface area contributed by atoms with Crippen LogP contribution < -0.4 is 5.32 Å². The van der Waals surface area contributed by atoms with E-state index in [-0.39, 0.29) is 24.0 Å². The van der Waals surface area contributed by atoms with Crippen molar-refractivity contribution in [3.63, 3.8) is 0 Å². The monoisotopic (exact) mass is 366 g/mol. The molecule has 132 valence electrons. The van der Waals surface area contributed by atoms with Gasteiger partial charge in [-0.3, -0.25) is 9.78 Å². The van der Waals surface area contributed by atoms with Gasteiger partial charge in [-0.2, -0.15) is 5.26 Å². The average molecular weight is 367 g/mol. The summed E-state index contributed by atoms with van der Waals surface area (Å²) in [6.07, 6.45) is 6.80. The second-order valence-corrected chi connectivity index (χ2v) is 7.45. The summed E-state index contributed by atoms with van der Waals surface area (Å²) < 4.78 is 0. The smallest absolute Gasteiger partial charge is 0.270 e. The first kappa shape index (κ1) is 16.9. The molecule has 0 saturated carbocycles. The number of fused-ring (bicyclic) bond motifs is 2. The largest absolute Gasteiger partial charge is 0.346 e. The maximum absolute atomic E-state index is 12.7. The predicted octanol–water partition coefficient (Wildman–Crippen LogP) is 3.53. The van der Waals surface area contributed by atoms with Gasteiger partial charge in [0, 0.05) is 17.3 Å². The van der Waals surface area contributed by atoms with Crippen molar-refractivity contribution >= 4 is 17.5 Å². The number of aromatic nitrogens is 1. The van der Waals surface area contributed by atoms with E-state index in [1.54, 1.807) is 6.20 Å². The van der Waals surface area contributed by atoms with E-state index in [4.69, 9.17) is 11.6 Å². The quantitative estimate of drug-likeness (QED) is 0.844. The van der Waals surface area contributed by atoms with Crippen molar-refractivity contribution in [2.45, 2.75) is 44.3 Å². The molecule has 6 heteroatoms. The third-order valence-corrected chi connectivity index (χ3v) is 5.68. The Labute approximate surface area is 157 Å². The summed E-state index contributed by atoms with van der Waals surface area (Å²) in [6, 6.07) is 9.77. The molecule has 2 aliphatic rings. The van der Waals surface area contributed by atoms with Gasteiger partial charge >= 0.3 is 0 Å². The summed E-state index contributed by atoms with van der Waals surface area (Å²) in [5.74, 6) is -0.191. The van der Waals surface area contributed by atoms with Crippen molar-refractivity contribution in [3.8, 4) is 17.3 Å². The highest BCUT2D eigenvalue weighted by Crippen LogP contribution is 2.37. The number of nitrogens with one attached hydrogen (secondary N) is 1. The summed E-state index contributed by atoms with van der Waals surface area (Å²) in [4.78, 5) is 18.9. The number of nitriles is 1. The van der Waals surface area contributed by atoms with Crippen LogP contribution in [0.15, 0.2) is 36.5 Å². The van der Waals surface area contributed by atoms with Crippen LogP contribution >= 0.6 is 11.6 Å². The first-order chi connectivity index (χ1) is 12.6. The average Bonchev–Trinajstić information content (AvgIpc) is 3.18. The number of benzene rings is 1. The molecule has 0 unspecified atom stereocenters. The van der Waals surface area contributed by atoms with Gasteiger partial charge in [0.1, 0.15) is 5.69 Å². The molecule has 26 heavy (non-hydrogen) atoms. The first-order valence-electron chi connectivity index (χ1n) is 8.78. The normalized spacial score (nSPS) is 23.7. The van der Waals surface area contributed by atoms with Crippen molar-refractivity contribution in [2.75, 3.05) is 0 Å². The van der Waals surface area contributed by atoms with Gasteiger partial charge in [0.05, 0.1) is 12.1 Å². The third-order valence-electron chi connectivity index (χ3n) is 5.44. The van der Waals surface area contributed by atoms with E-state index in [1.807, 2.05) is 42.2 Å². The Hall–Kier alpha value is -2.58. The first-order valence-corrected chi connectivity index (χ1v) is 9.16. The molecule has 0 aliphatic carbocycles. The molecule has 5 nitrogen and oxygen atoms in total. The highest BCUT2D eigenvalue weighted by molar-refractivity contribution is 6.30. The zero-order chi connectivity index (χ0) is 18.3. The molecule has 2 aliphatic heterocycles. The molecule has 2 saturated heterocycles. The van der Waals surface area contributed by atoms with Crippen LogP contribution in [-0.4, -0.2) is 33.9 Å². The zero-order valence-electron chi connectivity index (χ0n) is 14.4. The van der Waals surface area contributed by atoms with E-state index < -0.39 is 0 Å². The predicted molar refractivity (Wildman–Crippen MR) is 99.6 cm³/mol. The highest BCUT2D eigenvalue weighted by atomic mass is 35.5. The minimum absolute atomic E-state index is 0.0126. The fourth-order valence-corrected chi connectivity index (χ4v) is 4.35. The molecule has 1 aromatic carbocycles. The molecule has 3 atom stereocenters.